The summed E-state index contributed by atoms with van der Waals surface area (Å²) in [5, 5.41) is 22.9. The highest BCUT2D eigenvalue weighted by molar-refractivity contribution is 6.39. The van der Waals surface area contributed by atoms with Gasteiger partial charge in [0.15, 0.2) is 0 Å². The molecule has 0 radical (unpaired) electrons. The lowest BCUT2D eigenvalue weighted by molar-refractivity contribution is -0.142. The SMILES string of the molecule is Cc1ccc(NC(=O)C(=O)NCC(C)(O)CC(=O)O)cc1. The summed E-state index contributed by atoms with van der Waals surface area (Å²) in [6, 6.07) is 6.87. The minimum Gasteiger partial charge on any atom is -0.481 e. The Balaban J connectivity index is 2.50. The van der Waals surface area contributed by atoms with E-state index in [1.807, 2.05) is 6.92 Å². The molecule has 114 valence electrons. The van der Waals surface area contributed by atoms with Crippen molar-refractivity contribution in [2.75, 3.05) is 11.9 Å². The Morgan fingerprint density at radius 3 is 2.24 bits per heavy atom. The van der Waals surface area contributed by atoms with Crippen LogP contribution in [-0.4, -0.2) is 40.1 Å². The van der Waals surface area contributed by atoms with Gasteiger partial charge in [0.05, 0.1) is 12.0 Å². The Labute approximate surface area is 122 Å². The van der Waals surface area contributed by atoms with Crippen LogP contribution in [0.25, 0.3) is 0 Å². The fourth-order valence-electron chi connectivity index (χ4n) is 1.56. The summed E-state index contributed by atoms with van der Waals surface area (Å²) in [6.07, 6.45) is -0.535. The number of carboxylic acids is 1. The zero-order valence-electron chi connectivity index (χ0n) is 11.8. The fourth-order valence-corrected chi connectivity index (χ4v) is 1.56. The van der Waals surface area contributed by atoms with Crippen LogP contribution in [0.1, 0.15) is 18.9 Å². The van der Waals surface area contributed by atoms with Crippen molar-refractivity contribution in [3.05, 3.63) is 29.8 Å². The number of nitrogens with one attached hydrogen (secondary N) is 2. The summed E-state index contributed by atoms with van der Waals surface area (Å²) in [4.78, 5) is 33.7. The lowest BCUT2D eigenvalue weighted by atomic mass is 10.0. The zero-order valence-corrected chi connectivity index (χ0v) is 11.8. The summed E-state index contributed by atoms with van der Waals surface area (Å²) >= 11 is 0. The average Bonchev–Trinajstić information content (AvgIpc) is 2.37. The second kappa shape index (κ2) is 6.85. The quantitative estimate of drug-likeness (QED) is 0.582. The third kappa shape index (κ3) is 6.05. The van der Waals surface area contributed by atoms with Gasteiger partial charge in [0.2, 0.25) is 0 Å². The lowest BCUT2D eigenvalue weighted by Gasteiger charge is -2.21. The van der Waals surface area contributed by atoms with E-state index < -0.39 is 29.8 Å². The van der Waals surface area contributed by atoms with E-state index >= 15 is 0 Å². The summed E-state index contributed by atoms with van der Waals surface area (Å²) in [5.41, 5.74) is -0.133. The van der Waals surface area contributed by atoms with Crippen LogP contribution in [0.4, 0.5) is 5.69 Å². The molecule has 0 aromatic heterocycles. The topological polar surface area (TPSA) is 116 Å². The highest BCUT2D eigenvalue weighted by Gasteiger charge is 2.26. The number of aliphatic carboxylic acids is 1. The third-order valence-corrected chi connectivity index (χ3v) is 2.68. The molecule has 0 spiro atoms. The first-order valence-corrected chi connectivity index (χ1v) is 6.30. The summed E-state index contributed by atoms with van der Waals surface area (Å²) in [6.45, 7) is 2.82. The molecule has 0 saturated heterocycles. The molecular weight excluding hydrogens is 276 g/mol. The normalized spacial score (nSPS) is 13.1. The van der Waals surface area contributed by atoms with E-state index in [9.17, 15) is 19.5 Å². The van der Waals surface area contributed by atoms with Crippen LogP contribution in [0, 0.1) is 6.92 Å². The molecule has 2 amide bonds. The lowest BCUT2D eigenvalue weighted by Crippen LogP contribution is -2.45. The second-order valence-electron chi connectivity index (χ2n) is 5.07. The average molecular weight is 294 g/mol. The molecule has 0 aliphatic heterocycles. The van der Waals surface area contributed by atoms with Gasteiger partial charge in [0, 0.05) is 12.2 Å². The molecule has 7 nitrogen and oxygen atoms in total. The molecule has 1 unspecified atom stereocenters. The van der Waals surface area contributed by atoms with Gasteiger partial charge in [-0.25, -0.2) is 0 Å². The molecule has 1 atom stereocenters. The number of benzene rings is 1. The van der Waals surface area contributed by atoms with Gasteiger partial charge < -0.3 is 20.8 Å². The molecule has 1 aromatic carbocycles. The number of aliphatic hydroxyl groups is 1. The van der Waals surface area contributed by atoms with Gasteiger partial charge in [-0.3, -0.25) is 14.4 Å². The molecule has 0 bridgehead atoms. The van der Waals surface area contributed by atoms with Crippen LogP contribution in [-0.2, 0) is 14.4 Å². The molecular formula is C14H18N2O5. The molecule has 7 heteroatoms. The Bertz CT molecular complexity index is 537. The van der Waals surface area contributed by atoms with Crippen LogP contribution in [0.15, 0.2) is 24.3 Å². The minimum absolute atomic E-state index is 0.334. The van der Waals surface area contributed by atoms with Gasteiger partial charge in [-0.05, 0) is 26.0 Å². The predicted molar refractivity (Wildman–Crippen MR) is 75.7 cm³/mol. The number of hydrogen-bond donors (Lipinski definition) is 4. The fraction of sp³-hybridized carbons (Fsp3) is 0.357. The first-order valence-electron chi connectivity index (χ1n) is 6.30. The molecule has 1 rings (SSSR count). The van der Waals surface area contributed by atoms with Gasteiger partial charge in [-0.1, -0.05) is 17.7 Å². The predicted octanol–water partition coefficient (Wildman–Crippen LogP) is 0.275. The number of rotatable bonds is 5. The second-order valence-corrected chi connectivity index (χ2v) is 5.07. The highest BCUT2D eigenvalue weighted by atomic mass is 16.4. The summed E-state index contributed by atoms with van der Waals surface area (Å²) in [7, 11) is 0. The Kier molecular flexibility index (Phi) is 5.43. The van der Waals surface area contributed by atoms with E-state index in [1.54, 1.807) is 24.3 Å². The van der Waals surface area contributed by atoms with Crippen LogP contribution >= 0.6 is 0 Å². The van der Waals surface area contributed by atoms with Crippen LogP contribution in [0.5, 0.6) is 0 Å². The van der Waals surface area contributed by atoms with Crippen molar-refractivity contribution in [1.29, 1.82) is 0 Å². The number of aryl methyl sites for hydroxylation is 1. The summed E-state index contributed by atoms with van der Waals surface area (Å²) in [5.74, 6) is -3.02. The number of hydrogen-bond acceptors (Lipinski definition) is 4. The van der Waals surface area contributed by atoms with Crippen molar-refractivity contribution in [2.45, 2.75) is 25.9 Å². The van der Waals surface area contributed by atoms with Crippen molar-refractivity contribution < 1.29 is 24.6 Å². The standard InChI is InChI=1S/C14H18N2O5/c1-9-3-5-10(6-4-9)16-13(20)12(19)15-8-14(2,21)7-11(17)18/h3-6,21H,7-8H2,1-2H3,(H,15,19)(H,16,20)(H,17,18). The number of carboxylic acid groups (broad SMARTS) is 1. The van der Waals surface area contributed by atoms with Crippen molar-refractivity contribution in [3.8, 4) is 0 Å². The van der Waals surface area contributed by atoms with E-state index in [-0.39, 0.29) is 6.54 Å². The van der Waals surface area contributed by atoms with E-state index in [4.69, 9.17) is 5.11 Å². The third-order valence-electron chi connectivity index (χ3n) is 2.68. The molecule has 4 N–H and O–H groups in total. The number of carbonyl (C=O) groups is 3. The largest absolute Gasteiger partial charge is 0.481 e. The highest BCUT2D eigenvalue weighted by Crippen LogP contribution is 2.09. The molecule has 0 saturated carbocycles. The van der Waals surface area contributed by atoms with Gasteiger partial charge in [-0.15, -0.1) is 0 Å². The maximum absolute atomic E-state index is 11.6. The first-order chi connectivity index (χ1) is 9.69. The minimum atomic E-state index is -1.62. The molecule has 0 fully saturated rings. The van der Waals surface area contributed by atoms with Gasteiger partial charge >= 0.3 is 17.8 Å². The van der Waals surface area contributed by atoms with Gasteiger partial charge in [0.25, 0.3) is 0 Å². The smallest absolute Gasteiger partial charge is 0.313 e. The summed E-state index contributed by atoms with van der Waals surface area (Å²) < 4.78 is 0. The van der Waals surface area contributed by atoms with E-state index in [2.05, 4.69) is 10.6 Å². The molecule has 1 aromatic rings. The maximum Gasteiger partial charge on any atom is 0.313 e. The molecule has 0 heterocycles. The van der Waals surface area contributed by atoms with Crippen molar-refractivity contribution >= 4 is 23.5 Å². The van der Waals surface area contributed by atoms with Crippen molar-refractivity contribution in [2.24, 2.45) is 0 Å². The Morgan fingerprint density at radius 1 is 1.14 bits per heavy atom. The van der Waals surface area contributed by atoms with Crippen LogP contribution < -0.4 is 10.6 Å². The number of carbonyl (C=O) groups excluding carboxylic acids is 2. The molecule has 21 heavy (non-hydrogen) atoms. The number of amides is 2. The van der Waals surface area contributed by atoms with E-state index in [1.165, 1.54) is 6.92 Å². The Morgan fingerprint density at radius 2 is 1.71 bits per heavy atom. The van der Waals surface area contributed by atoms with Crippen LogP contribution in [0.3, 0.4) is 0 Å². The molecule has 0 aliphatic rings. The zero-order chi connectivity index (χ0) is 16.0. The maximum atomic E-state index is 11.6. The van der Waals surface area contributed by atoms with Crippen molar-refractivity contribution in [1.82, 2.24) is 5.32 Å². The molecule has 0 aliphatic carbocycles. The monoisotopic (exact) mass is 294 g/mol. The van der Waals surface area contributed by atoms with E-state index in [0.29, 0.717) is 5.69 Å². The van der Waals surface area contributed by atoms with Crippen molar-refractivity contribution in [3.63, 3.8) is 0 Å². The van der Waals surface area contributed by atoms with Gasteiger partial charge in [0.1, 0.15) is 0 Å². The van der Waals surface area contributed by atoms with E-state index in [0.717, 1.165) is 5.56 Å². The number of anilines is 1. The van der Waals surface area contributed by atoms with Gasteiger partial charge in [-0.2, -0.15) is 0 Å². The first kappa shape index (κ1) is 16.6. The Hall–Kier alpha value is -2.41. The van der Waals surface area contributed by atoms with Crippen LogP contribution in [0.2, 0.25) is 0 Å².